The second-order valence-electron chi connectivity index (χ2n) is 11.6. The summed E-state index contributed by atoms with van der Waals surface area (Å²) in [4.78, 5) is 66.1. The average molecular weight is 1010 g/mol. The molecule has 0 aliphatic heterocycles. The number of methoxy groups -OCH3 is 2. The van der Waals surface area contributed by atoms with E-state index in [1.807, 2.05) is 0 Å². The number of phenols is 2. The number of carboxylic acid groups (broad SMARTS) is 3. The average Bonchev–Trinajstić information content (AvgIpc) is 3.09. The van der Waals surface area contributed by atoms with Gasteiger partial charge in [-0.25, -0.2) is 14.4 Å². The zero-order chi connectivity index (χ0) is 40.6. The molecule has 3 rings (SSSR count). The van der Waals surface area contributed by atoms with Crippen molar-refractivity contribution in [2.75, 3.05) is 14.2 Å². The summed E-state index contributed by atoms with van der Waals surface area (Å²) in [5, 5.41) is 44.8. The first kappa shape index (κ1) is 57.1. The SMILES string of the molecule is CC(C)C(=O)Oc1cc(C(=O)O)cc(O)c1O.COc1cc(/C=C/C(=O)O)ccc1OC(=O)C(C)C.COc1cc(C(=O)O)ccc1OC(=O)C(C)C.[Y].[Y].[Y]. The maximum atomic E-state index is 11.5. The molecule has 56 heavy (non-hydrogen) atoms. The molecule has 3 aromatic carbocycles. The topological polar surface area (TPSA) is 250 Å². The fourth-order valence-electron chi connectivity index (χ4n) is 3.40. The van der Waals surface area contributed by atoms with Crippen LogP contribution < -0.4 is 23.7 Å². The van der Waals surface area contributed by atoms with Crippen LogP contribution in [0.4, 0.5) is 0 Å². The molecule has 5 N–H and O–H groups in total. The summed E-state index contributed by atoms with van der Waals surface area (Å²) < 4.78 is 25.1. The van der Waals surface area contributed by atoms with Crippen LogP contribution >= 0.6 is 0 Å². The molecule has 0 amide bonds. The molecule has 3 aromatic rings. The predicted molar refractivity (Wildman–Crippen MR) is 188 cm³/mol. The van der Waals surface area contributed by atoms with Crippen LogP contribution in [0.5, 0.6) is 40.2 Å². The van der Waals surface area contributed by atoms with Gasteiger partial charge in [-0.05, 0) is 54.1 Å². The fourth-order valence-corrected chi connectivity index (χ4v) is 3.40. The van der Waals surface area contributed by atoms with Crippen LogP contribution in [0.2, 0.25) is 0 Å². The van der Waals surface area contributed by atoms with Gasteiger partial charge in [0.25, 0.3) is 0 Å². The molecule has 0 bridgehead atoms. The Kier molecular flexibility index (Phi) is 28.7. The molecule has 0 saturated heterocycles. The molecule has 16 nitrogen and oxygen atoms in total. The molecule has 0 atom stereocenters. The Bertz CT molecular complexity index is 1840. The Morgan fingerprint density at radius 3 is 1.32 bits per heavy atom. The van der Waals surface area contributed by atoms with Crippen LogP contribution in [0, 0.1) is 17.8 Å². The smallest absolute Gasteiger partial charge is 0.335 e. The molecule has 0 aliphatic rings. The number of phenolic OH excluding ortho intramolecular Hbond substituents is 2. The predicted octanol–water partition coefficient (Wildman–Crippen LogP) is 5.66. The van der Waals surface area contributed by atoms with Crippen LogP contribution in [0.1, 0.15) is 67.8 Å². The maximum absolute atomic E-state index is 11.5. The minimum absolute atomic E-state index is 0. The number of aromatic hydroxyl groups is 2. The van der Waals surface area contributed by atoms with Crippen molar-refractivity contribution in [3.63, 3.8) is 0 Å². The van der Waals surface area contributed by atoms with Crippen molar-refractivity contribution in [2.24, 2.45) is 17.8 Å². The van der Waals surface area contributed by atoms with Gasteiger partial charge in [0, 0.05) is 104 Å². The van der Waals surface area contributed by atoms with Gasteiger partial charge in [0.2, 0.25) is 5.75 Å². The molecule has 0 saturated carbocycles. The Morgan fingerprint density at radius 1 is 0.536 bits per heavy atom. The second-order valence-corrected chi connectivity index (χ2v) is 11.6. The minimum Gasteiger partial charge on any atom is -0.504 e. The van der Waals surface area contributed by atoms with E-state index in [1.54, 1.807) is 59.7 Å². The number of ether oxygens (including phenoxy) is 5. The first-order chi connectivity index (χ1) is 24.7. The maximum Gasteiger partial charge on any atom is 0.335 e. The van der Waals surface area contributed by atoms with Gasteiger partial charge in [0.1, 0.15) is 0 Å². The summed E-state index contributed by atoms with van der Waals surface area (Å²) in [7, 11) is 2.83. The van der Waals surface area contributed by atoms with E-state index in [1.165, 1.54) is 38.5 Å². The van der Waals surface area contributed by atoms with Crippen LogP contribution in [0.3, 0.4) is 0 Å². The molecule has 0 aliphatic carbocycles. The summed E-state index contributed by atoms with van der Waals surface area (Å²) in [6.07, 6.45) is 2.45. The number of aliphatic carboxylic acids is 1. The number of carbonyl (C=O) groups excluding carboxylic acids is 3. The van der Waals surface area contributed by atoms with E-state index in [0.717, 1.165) is 18.2 Å². The monoisotopic (exact) mass is 1010 g/mol. The van der Waals surface area contributed by atoms with Gasteiger partial charge in [-0.2, -0.15) is 0 Å². The van der Waals surface area contributed by atoms with Crippen LogP contribution in [0.25, 0.3) is 6.08 Å². The summed E-state index contributed by atoms with van der Waals surface area (Å²) in [5.74, 6) is -6.30. The molecule has 0 unspecified atom stereocenters. The van der Waals surface area contributed by atoms with Gasteiger partial charge in [-0.3, -0.25) is 14.4 Å². The molecule has 295 valence electrons. The summed E-state index contributed by atoms with van der Waals surface area (Å²) in [5.41, 5.74) is 0.432. The van der Waals surface area contributed by atoms with E-state index in [-0.39, 0.29) is 144 Å². The Labute approximate surface area is 398 Å². The molecular formula is C37H42O16Y3. The molecule has 19 heteroatoms. The zero-order valence-electron chi connectivity index (χ0n) is 32.0. The second kappa shape index (κ2) is 28.2. The van der Waals surface area contributed by atoms with Crippen molar-refractivity contribution < 1.29 is 176 Å². The Hall–Kier alpha value is -3.27. The first-order valence-electron chi connectivity index (χ1n) is 15.7. The quantitative estimate of drug-likeness (QED) is 0.0636. The number of rotatable bonds is 12. The number of carbonyl (C=O) groups is 6. The Balaban J connectivity index is -0.000000734. The molecule has 0 aromatic heterocycles. The van der Waals surface area contributed by atoms with Crippen LogP contribution in [-0.4, -0.2) is 75.6 Å². The standard InChI is InChI=1S/C14H16O5.C12H14O5.C11H12O6.3Y/c1-9(2)14(17)19-11-6-4-10(5-7-13(15)16)8-12(11)18-3;1-7(2)12(15)17-9-5-4-8(11(13)14)6-10(9)16-3;1-5(2)11(16)17-8-4-6(10(14)15)3-7(12)9(8)13;;;/h4-9H,1-3H3,(H,15,16);4-7H,1-3H3,(H,13,14);3-5,12-13H,1-2H3,(H,14,15);;;/b7-5+;;;;;. The van der Waals surface area contributed by atoms with Gasteiger partial charge in [-0.15, -0.1) is 0 Å². The summed E-state index contributed by atoms with van der Waals surface area (Å²) in [6.45, 7) is 10.1. The minimum atomic E-state index is -1.30. The van der Waals surface area contributed by atoms with Gasteiger partial charge < -0.3 is 49.2 Å². The molecule has 3 radical (unpaired) electrons. The Morgan fingerprint density at radius 2 is 0.929 bits per heavy atom. The third kappa shape index (κ3) is 19.7. The van der Waals surface area contributed by atoms with Crippen molar-refractivity contribution in [1.29, 1.82) is 0 Å². The van der Waals surface area contributed by atoms with Crippen molar-refractivity contribution in [2.45, 2.75) is 41.5 Å². The molecule has 0 heterocycles. The molecule has 0 spiro atoms. The van der Waals surface area contributed by atoms with Gasteiger partial charge in [0.15, 0.2) is 34.5 Å². The number of aromatic carboxylic acids is 2. The normalized spacial score (nSPS) is 9.84. The molecule has 0 fully saturated rings. The van der Waals surface area contributed by atoms with Crippen molar-refractivity contribution in [3.05, 3.63) is 71.3 Å². The largest absolute Gasteiger partial charge is 0.504 e. The summed E-state index contributed by atoms with van der Waals surface area (Å²) in [6, 6.07) is 10.7. The summed E-state index contributed by atoms with van der Waals surface area (Å²) >= 11 is 0. The third-order valence-corrected chi connectivity index (χ3v) is 6.36. The van der Waals surface area contributed by atoms with Crippen LogP contribution in [0.15, 0.2) is 54.6 Å². The number of benzene rings is 3. The number of hydrogen-bond acceptors (Lipinski definition) is 13. The van der Waals surface area contributed by atoms with Crippen molar-refractivity contribution in [3.8, 4) is 40.2 Å². The van der Waals surface area contributed by atoms with Crippen molar-refractivity contribution >= 4 is 41.9 Å². The number of esters is 3. The van der Waals surface area contributed by atoms with E-state index in [2.05, 4.69) is 0 Å². The van der Waals surface area contributed by atoms with Gasteiger partial charge >= 0.3 is 35.8 Å². The molecular weight excluding hydrogens is 967 g/mol. The zero-order valence-corrected chi connectivity index (χ0v) is 40.5. The van der Waals surface area contributed by atoms with E-state index < -0.39 is 47.3 Å². The number of hydrogen-bond donors (Lipinski definition) is 5. The van der Waals surface area contributed by atoms with E-state index in [9.17, 15) is 39.0 Å². The fraction of sp³-hybridized carbons (Fsp3) is 0.297. The van der Waals surface area contributed by atoms with E-state index >= 15 is 0 Å². The van der Waals surface area contributed by atoms with Gasteiger partial charge in [0.05, 0.1) is 43.1 Å². The van der Waals surface area contributed by atoms with Gasteiger partial charge in [-0.1, -0.05) is 47.6 Å². The first-order valence-corrected chi connectivity index (χ1v) is 15.7. The van der Waals surface area contributed by atoms with Crippen LogP contribution in [-0.2, 0) is 117 Å². The van der Waals surface area contributed by atoms with E-state index in [0.29, 0.717) is 17.1 Å². The van der Waals surface area contributed by atoms with Crippen molar-refractivity contribution in [1.82, 2.24) is 0 Å². The third-order valence-electron chi connectivity index (χ3n) is 6.36. The van der Waals surface area contributed by atoms with E-state index in [4.69, 9.17) is 39.0 Å². The number of carboxylic acids is 3.